The van der Waals surface area contributed by atoms with Gasteiger partial charge in [-0.2, -0.15) is 0 Å². The van der Waals surface area contributed by atoms with Gasteiger partial charge in [0, 0.05) is 43.9 Å². The van der Waals surface area contributed by atoms with Crippen molar-refractivity contribution < 1.29 is 9.53 Å². The van der Waals surface area contributed by atoms with Crippen LogP contribution in [0.15, 0.2) is 41.4 Å². The Balaban J connectivity index is 1.49. The molecule has 0 radical (unpaired) electrons. The monoisotopic (exact) mass is 347 g/mol. The molecular formula is C21H21N3O2. The van der Waals surface area contributed by atoms with E-state index in [2.05, 4.69) is 34.0 Å². The molecule has 5 rings (SSSR count). The molecule has 26 heavy (non-hydrogen) atoms. The summed E-state index contributed by atoms with van der Waals surface area (Å²) in [7, 11) is 2.17. The van der Waals surface area contributed by atoms with Gasteiger partial charge in [-0.25, -0.2) is 0 Å². The Morgan fingerprint density at radius 1 is 1.04 bits per heavy atom. The quantitative estimate of drug-likeness (QED) is 0.715. The van der Waals surface area contributed by atoms with E-state index in [9.17, 15) is 4.79 Å². The van der Waals surface area contributed by atoms with E-state index in [-0.39, 0.29) is 12.3 Å². The predicted octanol–water partition coefficient (Wildman–Crippen LogP) is 2.57. The maximum atomic E-state index is 12.2. The molecule has 0 N–H and O–H groups in total. The molecule has 3 aliphatic heterocycles. The van der Waals surface area contributed by atoms with E-state index in [1.165, 1.54) is 5.56 Å². The Kier molecular flexibility index (Phi) is 3.65. The fourth-order valence-electron chi connectivity index (χ4n) is 3.96. The van der Waals surface area contributed by atoms with E-state index in [1.54, 1.807) is 0 Å². The first-order valence-electron chi connectivity index (χ1n) is 9.12. The van der Waals surface area contributed by atoms with Crippen LogP contribution in [0.4, 0.5) is 0 Å². The molecule has 1 fully saturated rings. The molecular weight excluding hydrogens is 326 g/mol. The molecule has 0 aliphatic carbocycles. The van der Waals surface area contributed by atoms with Crippen LogP contribution < -0.4 is 4.74 Å². The summed E-state index contributed by atoms with van der Waals surface area (Å²) in [6.45, 7) is 5.55. The van der Waals surface area contributed by atoms with Gasteiger partial charge in [0.1, 0.15) is 18.0 Å². The standard InChI is InChI=1S/C21H21N3O2/c1-23-7-9-24(10-8-23)13-14-5-6-18-16(11-14)21-20-15(17(25)12-22-21)3-2-4-19(20)26-18/h2-6,11H,7-10,12-13H2,1H3. The molecule has 2 aromatic carbocycles. The number of fused-ring (bicyclic) bond motifs is 2. The van der Waals surface area contributed by atoms with Crippen LogP contribution in [0.3, 0.4) is 0 Å². The third kappa shape index (κ3) is 2.55. The highest BCUT2D eigenvalue weighted by Gasteiger charge is 2.31. The van der Waals surface area contributed by atoms with E-state index >= 15 is 0 Å². The number of ether oxygens (including phenoxy) is 1. The van der Waals surface area contributed by atoms with Crippen LogP contribution in [0.1, 0.15) is 27.0 Å². The minimum Gasteiger partial charge on any atom is -0.456 e. The van der Waals surface area contributed by atoms with Crippen LogP contribution >= 0.6 is 0 Å². The van der Waals surface area contributed by atoms with Gasteiger partial charge in [-0.3, -0.25) is 14.7 Å². The minimum atomic E-state index is 0.0613. The molecule has 3 aliphatic rings. The van der Waals surface area contributed by atoms with Gasteiger partial charge in [-0.15, -0.1) is 0 Å². The van der Waals surface area contributed by atoms with E-state index < -0.39 is 0 Å². The molecule has 0 aromatic heterocycles. The number of benzene rings is 2. The average molecular weight is 347 g/mol. The Labute approximate surface area is 152 Å². The molecule has 0 atom stereocenters. The van der Waals surface area contributed by atoms with Crippen molar-refractivity contribution in [1.82, 2.24) is 9.80 Å². The van der Waals surface area contributed by atoms with Gasteiger partial charge in [-0.1, -0.05) is 18.2 Å². The fraction of sp³-hybridized carbons (Fsp3) is 0.333. The van der Waals surface area contributed by atoms with E-state index in [1.807, 2.05) is 24.3 Å². The molecule has 3 heterocycles. The number of nitrogens with zero attached hydrogens (tertiary/aromatic N) is 3. The Hall–Kier alpha value is -2.50. The van der Waals surface area contributed by atoms with Gasteiger partial charge in [-0.05, 0) is 30.8 Å². The van der Waals surface area contributed by atoms with Crippen LogP contribution in [-0.4, -0.2) is 61.1 Å². The fourth-order valence-corrected chi connectivity index (χ4v) is 3.96. The Morgan fingerprint density at radius 2 is 1.88 bits per heavy atom. The molecule has 0 amide bonds. The lowest BCUT2D eigenvalue weighted by Gasteiger charge is -2.32. The molecule has 2 aromatic rings. The average Bonchev–Trinajstić information content (AvgIpc) is 2.66. The maximum absolute atomic E-state index is 12.2. The zero-order valence-electron chi connectivity index (χ0n) is 14.9. The Morgan fingerprint density at radius 3 is 2.73 bits per heavy atom. The third-order valence-corrected chi connectivity index (χ3v) is 5.47. The Bertz CT molecular complexity index is 927. The van der Waals surface area contributed by atoms with Gasteiger partial charge in [0.05, 0.1) is 11.3 Å². The maximum Gasteiger partial charge on any atom is 0.185 e. The third-order valence-electron chi connectivity index (χ3n) is 5.47. The number of likely N-dealkylation sites (N-methyl/N-ethyl adjacent to an activating group) is 1. The number of ketones is 1. The normalized spacial score (nSPS) is 19.4. The zero-order valence-corrected chi connectivity index (χ0v) is 14.9. The summed E-state index contributed by atoms with van der Waals surface area (Å²) in [6.07, 6.45) is 0. The number of hydrogen-bond donors (Lipinski definition) is 0. The van der Waals surface area contributed by atoms with Gasteiger partial charge < -0.3 is 9.64 Å². The summed E-state index contributed by atoms with van der Waals surface area (Å²) < 4.78 is 6.08. The smallest absolute Gasteiger partial charge is 0.185 e. The summed E-state index contributed by atoms with van der Waals surface area (Å²) in [5.41, 5.74) is 4.74. The molecule has 0 unspecified atom stereocenters. The second kappa shape index (κ2) is 6.04. The van der Waals surface area contributed by atoms with Crippen molar-refractivity contribution >= 4 is 11.5 Å². The molecule has 5 heteroatoms. The molecule has 0 spiro atoms. The summed E-state index contributed by atoms with van der Waals surface area (Å²) in [5, 5.41) is 0. The van der Waals surface area contributed by atoms with E-state index in [4.69, 9.17) is 4.74 Å². The topological polar surface area (TPSA) is 45.1 Å². The predicted molar refractivity (Wildman–Crippen MR) is 101 cm³/mol. The first-order chi connectivity index (χ1) is 12.7. The number of rotatable bonds is 2. The van der Waals surface area contributed by atoms with Gasteiger partial charge in [0.25, 0.3) is 0 Å². The van der Waals surface area contributed by atoms with Gasteiger partial charge >= 0.3 is 0 Å². The molecule has 5 nitrogen and oxygen atoms in total. The molecule has 0 bridgehead atoms. The van der Waals surface area contributed by atoms with Crippen LogP contribution in [0, 0.1) is 0 Å². The molecule has 1 saturated heterocycles. The summed E-state index contributed by atoms with van der Waals surface area (Å²) in [6, 6.07) is 12.0. The van der Waals surface area contributed by atoms with Crippen molar-refractivity contribution in [3.63, 3.8) is 0 Å². The first-order valence-corrected chi connectivity index (χ1v) is 9.12. The summed E-state index contributed by atoms with van der Waals surface area (Å²) >= 11 is 0. The van der Waals surface area contributed by atoms with E-state index in [0.717, 1.165) is 66.6 Å². The highest BCUT2D eigenvalue weighted by atomic mass is 16.5. The number of piperazine rings is 1. The van der Waals surface area contributed by atoms with Crippen LogP contribution in [0.2, 0.25) is 0 Å². The van der Waals surface area contributed by atoms with Crippen LogP contribution in [0.5, 0.6) is 11.5 Å². The minimum absolute atomic E-state index is 0.0613. The highest BCUT2D eigenvalue weighted by Crippen LogP contribution is 2.40. The molecule has 0 saturated carbocycles. The first kappa shape index (κ1) is 15.7. The van der Waals surface area contributed by atoms with Crippen molar-refractivity contribution in [2.24, 2.45) is 4.99 Å². The number of hydrogen-bond acceptors (Lipinski definition) is 5. The van der Waals surface area contributed by atoms with Crippen LogP contribution in [-0.2, 0) is 6.54 Å². The second-order valence-corrected chi connectivity index (χ2v) is 7.28. The van der Waals surface area contributed by atoms with Crippen molar-refractivity contribution in [2.75, 3.05) is 39.8 Å². The lowest BCUT2D eigenvalue weighted by atomic mass is 9.89. The second-order valence-electron chi connectivity index (χ2n) is 7.28. The summed E-state index contributed by atoms with van der Waals surface area (Å²) in [5.74, 6) is 1.62. The highest BCUT2D eigenvalue weighted by molar-refractivity contribution is 6.25. The number of carbonyl (C=O) groups excluding carboxylic acids is 1. The largest absolute Gasteiger partial charge is 0.456 e. The van der Waals surface area contributed by atoms with Crippen molar-refractivity contribution in [3.8, 4) is 11.5 Å². The number of Topliss-reactive ketones (excluding diaryl/α,β-unsaturated/α-hetero) is 1. The molecule has 132 valence electrons. The van der Waals surface area contributed by atoms with Crippen molar-refractivity contribution in [2.45, 2.75) is 6.54 Å². The number of aliphatic imine (C=N–C) groups is 1. The van der Waals surface area contributed by atoms with Gasteiger partial charge in [0.2, 0.25) is 0 Å². The van der Waals surface area contributed by atoms with Crippen molar-refractivity contribution in [3.05, 3.63) is 58.7 Å². The zero-order chi connectivity index (χ0) is 17.7. The SMILES string of the molecule is CN1CCN(Cc2ccc3c(c2)C2=NCC(=O)c4cccc(c42)O3)CC1. The lowest BCUT2D eigenvalue weighted by molar-refractivity contribution is 0.0999. The van der Waals surface area contributed by atoms with Crippen molar-refractivity contribution in [1.29, 1.82) is 0 Å². The van der Waals surface area contributed by atoms with Crippen LogP contribution in [0.25, 0.3) is 0 Å². The summed E-state index contributed by atoms with van der Waals surface area (Å²) in [4.78, 5) is 21.7. The lowest BCUT2D eigenvalue weighted by Crippen LogP contribution is -2.43. The van der Waals surface area contributed by atoms with Gasteiger partial charge in [0.15, 0.2) is 5.78 Å². The number of carbonyl (C=O) groups is 1. The van der Waals surface area contributed by atoms with E-state index in [0.29, 0.717) is 0 Å².